The van der Waals surface area contributed by atoms with Crippen LogP contribution in [0.2, 0.25) is 0 Å². The lowest BCUT2D eigenvalue weighted by Crippen LogP contribution is -2.19. The van der Waals surface area contributed by atoms with Crippen molar-refractivity contribution in [2.45, 2.75) is 25.8 Å². The number of benzene rings is 2. The van der Waals surface area contributed by atoms with E-state index in [2.05, 4.69) is 31.2 Å². The van der Waals surface area contributed by atoms with Gasteiger partial charge in [0.2, 0.25) is 0 Å². The number of hydrogen-bond acceptors (Lipinski definition) is 3. The molecule has 0 amide bonds. The van der Waals surface area contributed by atoms with E-state index in [-0.39, 0.29) is 6.04 Å². The first-order valence-electron chi connectivity index (χ1n) is 7.71. The summed E-state index contributed by atoms with van der Waals surface area (Å²) in [5.74, 6) is 0. The Labute approximate surface area is 127 Å². The molecule has 0 aliphatic carbocycles. The first kappa shape index (κ1) is 16.0. The lowest BCUT2D eigenvalue weighted by Gasteiger charge is -2.15. The topological polar surface area (TPSA) is 44.5 Å². The Morgan fingerprint density at radius 2 is 1.71 bits per heavy atom. The van der Waals surface area contributed by atoms with E-state index in [1.165, 1.54) is 10.8 Å². The number of rotatable bonds is 9. The van der Waals surface area contributed by atoms with Crippen LogP contribution in [0.3, 0.4) is 0 Å². The van der Waals surface area contributed by atoms with Crippen LogP contribution in [-0.4, -0.2) is 26.4 Å². The van der Waals surface area contributed by atoms with Crippen LogP contribution in [0.4, 0.5) is 0 Å². The molecule has 1 atom stereocenters. The van der Waals surface area contributed by atoms with E-state index in [1.54, 1.807) is 0 Å². The minimum atomic E-state index is -0.105. The second-order valence-electron chi connectivity index (χ2n) is 5.22. The van der Waals surface area contributed by atoms with Gasteiger partial charge in [0.1, 0.15) is 0 Å². The molecule has 0 bridgehead atoms. The highest BCUT2D eigenvalue weighted by atomic mass is 16.5. The van der Waals surface area contributed by atoms with Crippen molar-refractivity contribution in [2.75, 3.05) is 26.4 Å². The highest BCUT2D eigenvalue weighted by Gasteiger charge is 2.09. The Morgan fingerprint density at radius 3 is 2.57 bits per heavy atom. The van der Waals surface area contributed by atoms with Crippen molar-refractivity contribution >= 4 is 10.8 Å². The summed E-state index contributed by atoms with van der Waals surface area (Å²) in [4.78, 5) is 0. The van der Waals surface area contributed by atoms with E-state index < -0.39 is 0 Å². The zero-order valence-electron chi connectivity index (χ0n) is 12.8. The molecule has 0 aromatic heterocycles. The quantitative estimate of drug-likeness (QED) is 0.716. The minimum Gasteiger partial charge on any atom is -0.379 e. The molecular formula is C18H25NO2. The van der Waals surface area contributed by atoms with Crippen LogP contribution >= 0.6 is 0 Å². The summed E-state index contributed by atoms with van der Waals surface area (Å²) in [6.07, 6.45) is 2.27. The molecular weight excluding hydrogens is 262 g/mol. The van der Waals surface area contributed by atoms with E-state index in [0.29, 0.717) is 19.8 Å². The highest BCUT2D eigenvalue weighted by molar-refractivity contribution is 5.86. The van der Waals surface area contributed by atoms with Crippen LogP contribution in [0.25, 0.3) is 10.8 Å². The van der Waals surface area contributed by atoms with Crippen LogP contribution in [0.15, 0.2) is 42.5 Å². The Morgan fingerprint density at radius 1 is 0.952 bits per heavy atom. The van der Waals surface area contributed by atoms with Crippen molar-refractivity contribution in [3.8, 4) is 0 Å². The van der Waals surface area contributed by atoms with Gasteiger partial charge in [0.05, 0.1) is 25.9 Å². The monoisotopic (exact) mass is 287 g/mol. The minimum absolute atomic E-state index is 0.105. The lowest BCUT2D eigenvalue weighted by atomic mass is 10.00. The molecule has 1 unspecified atom stereocenters. The fourth-order valence-electron chi connectivity index (χ4n) is 2.34. The molecule has 114 valence electrons. The van der Waals surface area contributed by atoms with E-state index in [1.807, 2.05) is 18.2 Å². The average molecular weight is 287 g/mol. The molecule has 0 fully saturated rings. The van der Waals surface area contributed by atoms with Gasteiger partial charge in [-0.25, -0.2) is 0 Å². The van der Waals surface area contributed by atoms with Gasteiger partial charge in [-0.05, 0) is 22.8 Å². The van der Waals surface area contributed by atoms with Crippen molar-refractivity contribution in [1.29, 1.82) is 0 Å². The van der Waals surface area contributed by atoms with Crippen molar-refractivity contribution in [1.82, 2.24) is 0 Å². The summed E-state index contributed by atoms with van der Waals surface area (Å²) in [5.41, 5.74) is 7.40. The maximum absolute atomic E-state index is 6.26. The summed E-state index contributed by atoms with van der Waals surface area (Å²) >= 11 is 0. The third-order valence-electron chi connectivity index (χ3n) is 3.53. The zero-order valence-corrected chi connectivity index (χ0v) is 12.8. The number of ether oxygens (including phenoxy) is 2. The Kier molecular flexibility index (Phi) is 6.67. The molecule has 0 aliphatic heterocycles. The second kappa shape index (κ2) is 8.78. The van der Waals surface area contributed by atoms with Gasteiger partial charge in [0.15, 0.2) is 0 Å². The van der Waals surface area contributed by atoms with Crippen molar-refractivity contribution in [3.63, 3.8) is 0 Å². The largest absolute Gasteiger partial charge is 0.379 e. The maximum Gasteiger partial charge on any atom is 0.0701 e. The molecule has 3 nitrogen and oxygen atoms in total. The molecule has 0 spiro atoms. The molecule has 2 aromatic rings. The normalized spacial score (nSPS) is 12.7. The third-order valence-corrected chi connectivity index (χ3v) is 3.53. The number of nitrogens with two attached hydrogens (primary N) is 1. The Balaban J connectivity index is 1.81. The van der Waals surface area contributed by atoms with E-state index in [4.69, 9.17) is 15.2 Å². The Bertz CT molecular complexity index is 536. The van der Waals surface area contributed by atoms with Gasteiger partial charge >= 0.3 is 0 Å². The molecule has 0 aliphatic rings. The van der Waals surface area contributed by atoms with Crippen molar-refractivity contribution in [2.24, 2.45) is 5.73 Å². The maximum atomic E-state index is 6.26. The molecule has 2 N–H and O–H groups in total. The van der Waals surface area contributed by atoms with Crippen LogP contribution < -0.4 is 5.73 Å². The predicted octanol–water partition coefficient (Wildman–Crippen LogP) is 3.67. The summed E-state index contributed by atoms with van der Waals surface area (Å²) in [6, 6.07) is 14.4. The van der Waals surface area contributed by atoms with Crippen LogP contribution in [-0.2, 0) is 9.47 Å². The van der Waals surface area contributed by atoms with Crippen molar-refractivity contribution < 1.29 is 9.47 Å². The first-order chi connectivity index (χ1) is 10.3. The van der Waals surface area contributed by atoms with Crippen LogP contribution in [0.5, 0.6) is 0 Å². The number of fused-ring (bicyclic) bond motifs is 1. The molecule has 3 heteroatoms. The van der Waals surface area contributed by atoms with Gasteiger partial charge in [-0.3, -0.25) is 0 Å². The smallest absolute Gasteiger partial charge is 0.0701 e. The van der Waals surface area contributed by atoms with E-state index in [0.717, 1.165) is 25.0 Å². The van der Waals surface area contributed by atoms with E-state index >= 15 is 0 Å². The fraction of sp³-hybridized carbons (Fsp3) is 0.444. The standard InChI is InChI=1S/C18H25NO2/c1-2-3-11-20-12-13-21-14-18(19)17-10-6-8-15-7-4-5-9-16(15)17/h4-10,18H,2-3,11-14,19H2,1H3. The summed E-state index contributed by atoms with van der Waals surface area (Å²) < 4.78 is 11.1. The van der Waals surface area contributed by atoms with Gasteiger partial charge in [0.25, 0.3) is 0 Å². The molecule has 2 aromatic carbocycles. The summed E-state index contributed by atoms with van der Waals surface area (Å²) in [6.45, 7) is 4.73. The summed E-state index contributed by atoms with van der Waals surface area (Å²) in [5, 5.41) is 2.42. The first-order valence-corrected chi connectivity index (χ1v) is 7.71. The SMILES string of the molecule is CCCCOCCOCC(N)c1cccc2ccccc12. The molecule has 0 heterocycles. The van der Waals surface area contributed by atoms with Crippen LogP contribution in [0, 0.1) is 0 Å². The third kappa shape index (κ3) is 4.81. The molecule has 21 heavy (non-hydrogen) atoms. The number of unbranched alkanes of at least 4 members (excludes halogenated alkanes) is 1. The van der Waals surface area contributed by atoms with Gasteiger partial charge in [0, 0.05) is 6.61 Å². The van der Waals surface area contributed by atoms with Gasteiger partial charge in [-0.15, -0.1) is 0 Å². The predicted molar refractivity (Wildman–Crippen MR) is 87.4 cm³/mol. The second-order valence-corrected chi connectivity index (χ2v) is 5.22. The Hall–Kier alpha value is -1.42. The van der Waals surface area contributed by atoms with Gasteiger partial charge < -0.3 is 15.2 Å². The zero-order chi connectivity index (χ0) is 14.9. The van der Waals surface area contributed by atoms with E-state index in [9.17, 15) is 0 Å². The molecule has 0 saturated heterocycles. The fourth-order valence-corrected chi connectivity index (χ4v) is 2.34. The summed E-state index contributed by atoms with van der Waals surface area (Å²) in [7, 11) is 0. The van der Waals surface area contributed by atoms with Gasteiger partial charge in [-0.1, -0.05) is 55.8 Å². The lowest BCUT2D eigenvalue weighted by molar-refractivity contribution is 0.0417. The van der Waals surface area contributed by atoms with Gasteiger partial charge in [-0.2, -0.15) is 0 Å². The average Bonchev–Trinajstić information content (AvgIpc) is 2.53. The van der Waals surface area contributed by atoms with Crippen molar-refractivity contribution in [3.05, 3.63) is 48.0 Å². The van der Waals surface area contributed by atoms with Crippen LogP contribution in [0.1, 0.15) is 31.4 Å². The molecule has 2 rings (SSSR count). The highest BCUT2D eigenvalue weighted by Crippen LogP contribution is 2.23. The molecule has 0 saturated carbocycles. The molecule has 0 radical (unpaired) electrons. The number of hydrogen-bond donors (Lipinski definition) is 1.